The average Bonchev–Trinajstić information content (AvgIpc) is 3.47. The Hall–Kier alpha value is -2.99. The number of nitrogens with zero attached hydrogens (tertiary/aromatic N) is 3. The van der Waals surface area contributed by atoms with E-state index in [9.17, 15) is 14.4 Å². The van der Waals surface area contributed by atoms with Crippen molar-refractivity contribution in [1.82, 2.24) is 14.7 Å². The summed E-state index contributed by atoms with van der Waals surface area (Å²) in [6, 6.07) is 17.6. The largest absolute Gasteiger partial charge is 0.346 e. The zero-order valence-corrected chi connectivity index (χ0v) is 21.2. The van der Waals surface area contributed by atoms with Gasteiger partial charge in [0.05, 0.1) is 12.0 Å². The van der Waals surface area contributed by atoms with Crippen LogP contribution in [0.1, 0.15) is 55.7 Å². The van der Waals surface area contributed by atoms with Crippen LogP contribution in [0.5, 0.6) is 0 Å². The van der Waals surface area contributed by atoms with Crippen LogP contribution in [0.25, 0.3) is 0 Å². The number of hydrogen-bond donors (Lipinski definition) is 0. The third-order valence-electron chi connectivity index (χ3n) is 7.78. The molecule has 35 heavy (non-hydrogen) atoms. The van der Waals surface area contributed by atoms with Gasteiger partial charge in [-0.2, -0.15) is 0 Å². The lowest BCUT2D eigenvalue weighted by Gasteiger charge is -2.31. The van der Waals surface area contributed by atoms with Gasteiger partial charge < -0.3 is 9.80 Å². The first-order chi connectivity index (χ1) is 16.8. The molecule has 0 aliphatic carbocycles. The highest BCUT2D eigenvalue weighted by atomic mass is 16.2. The highest BCUT2D eigenvalue weighted by Crippen LogP contribution is 2.42. The van der Waals surface area contributed by atoms with Crippen LogP contribution in [0.4, 0.5) is 0 Å². The Morgan fingerprint density at radius 1 is 1.03 bits per heavy atom. The topological polar surface area (TPSA) is 60.9 Å². The van der Waals surface area contributed by atoms with Crippen molar-refractivity contribution < 1.29 is 14.4 Å². The Balaban J connectivity index is 1.54. The number of carbonyl (C=O) groups excluding carboxylic acids is 3. The Bertz CT molecular complexity index is 1060. The van der Waals surface area contributed by atoms with Gasteiger partial charge in [-0.25, -0.2) is 0 Å². The molecule has 0 N–H and O–H groups in total. The second-order valence-corrected chi connectivity index (χ2v) is 10.2. The molecule has 0 saturated carbocycles. The summed E-state index contributed by atoms with van der Waals surface area (Å²) >= 11 is 0. The molecule has 2 aromatic carbocycles. The van der Waals surface area contributed by atoms with Gasteiger partial charge in [-0.15, -0.1) is 0 Å². The number of benzene rings is 2. The van der Waals surface area contributed by atoms with Crippen LogP contribution >= 0.6 is 0 Å². The molecule has 0 aromatic heterocycles. The van der Waals surface area contributed by atoms with E-state index in [1.807, 2.05) is 68.6 Å². The Morgan fingerprint density at radius 3 is 2.37 bits per heavy atom. The SMILES string of the molecule is Cc1ccccc1[C@@]1(CC(=O)N(C)CC[C@H](C)N2CCCC2)CC(=O)N(Cc2ccccc2)C1=O. The van der Waals surface area contributed by atoms with Crippen LogP contribution in [-0.4, -0.2) is 65.1 Å². The predicted octanol–water partition coefficient (Wildman–Crippen LogP) is 3.91. The third kappa shape index (κ3) is 5.32. The van der Waals surface area contributed by atoms with Gasteiger partial charge >= 0.3 is 0 Å². The standard InChI is InChI=1S/C29H37N3O3/c1-22-11-7-8-14-25(22)29(19-26(33)30(3)18-15-23(2)31-16-9-10-17-31)20-27(34)32(28(29)35)21-24-12-5-4-6-13-24/h4-8,11-14,23H,9-10,15-21H2,1-3H3/t23-,29+/m0/s1. The smallest absolute Gasteiger partial charge is 0.241 e. The molecule has 186 valence electrons. The van der Waals surface area contributed by atoms with Gasteiger partial charge in [-0.05, 0) is 62.9 Å². The number of imide groups is 1. The number of rotatable bonds is 9. The minimum atomic E-state index is -1.16. The van der Waals surface area contributed by atoms with Crippen LogP contribution in [0.2, 0.25) is 0 Å². The van der Waals surface area contributed by atoms with Crippen molar-refractivity contribution in [3.8, 4) is 0 Å². The second-order valence-electron chi connectivity index (χ2n) is 10.2. The van der Waals surface area contributed by atoms with E-state index in [-0.39, 0.29) is 37.1 Å². The van der Waals surface area contributed by atoms with Crippen LogP contribution in [0, 0.1) is 6.92 Å². The molecular formula is C29H37N3O3. The zero-order valence-electron chi connectivity index (χ0n) is 21.2. The summed E-state index contributed by atoms with van der Waals surface area (Å²) in [6.45, 7) is 7.28. The first-order valence-corrected chi connectivity index (χ1v) is 12.7. The molecule has 0 unspecified atom stereocenters. The molecule has 3 amide bonds. The van der Waals surface area contributed by atoms with E-state index in [0.29, 0.717) is 12.6 Å². The molecule has 2 fully saturated rings. The average molecular weight is 476 g/mol. The van der Waals surface area contributed by atoms with E-state index in [1.165, 1.54) is 17.7 Å². The molecule has 6 nitrogen and oxygen atoms in total. The lowest BCUT2D eigenvalue weighted by atomic mass is 9.74. The molecule has 0 bridgehead atoms. The fourth-order valence-corrected chi connectivity index (χ4v) is 5.54. The number of likely N-dealkylation sites (tertiary alicyclic amines) is 2. The lowest BCUT2D eigenvalue weighted by molar-refractivity contribution is -0.143. The van der Waals surface area contributed by atoms with Gasteiger partial charge in [0.15, 0.2) is 0 Å². The molecule has 2 heterocycles. The Labute approximate surface area is 208 Å². The quantitative estimate of drug-likeness (QED) is 0.516. The van der Waals surface area contributed by atoms with Gasteiger partial charge in [0.1, 0.15) is 0 Å². The third-order valence-corrected chi connectivity index (χ3v) is 7.78. The first-order valence-electron chi connectivity index (χ1n) is 12.7. The molecule has 2 aliphatic rings. The van der Waals surface area contributed by atoms with Crippen molar-refractivity contribution in [3.63, 3.8) is 0 Å². The fourth-order valence-electron chi connectivity index (χ4n) is 5.54. The van der Waals surface area contributed by atoms with Crippen LogP contribution < -0.4 is 0 Å². The summed E-state index contributed by atoms with van der Waals surface area (Å²) in [4.78, 5) is 46.1. The number of hydrogen-bond acceptors (Lipinski definition) is 4. The summed E-state index contributed by atoms with van der Waals surface area (Å²) in [5.41, 5.74) is 1.44. The van der Waals surface area contributed by atoms with Crippen molar-refractivity contribution in [1.29, 1.82) is 0 Å². The molecule has 2 saturated heterocycles. The van der Waals surface area contributed by atoms with Crippen molar-refractivity contribution >= 4 is 17.7 Å². The molecule has 0 spiro atoms. The van der Waals surface area contributed by atoms with E-state index in [1.54, 1.807) is 4.90 Å². The highest BCUT2D eigenvalue weighted by molar-refractivity contribution is 6.10. The van der Waals surface area contributed by atoms with Gasteiger partial charge in [-0.3, -0.25) is 19.3 Å². The van der Waals surface area contributed by atoms with Crippen LogP contribution in [0.15, 0.2) is 54.6 Å². The molecule has 2 aromatic rings. The van der Waals surface area contributed by atoms with Gasteiger partial charge in [0.25, 0.3) is 0 Å². The maximum absolute atomic E-state index is 13.9. The minimum absolute atomic E-state index is 0.00229. The van der Waals surface area contributed by atoms with Crippen molar-refractivity contribution in [3.05, 3.63) is 71.3 Å². The first kappa shape index (κ1) is 25.1. The highest BCUT2D eigenvalue weighted by Gasteiger charge is 2.54. The van der Waals surface area contributed by atoms with Gasteiger partial charge in [-0.1, -0.05) is 54.6 Å². The monoisotopic (exact) mass is 475 g/mol. The van der Waals surface area contributed by atoms with Crippen LogP contribution in [0.3, 0.4) is 0 Å². The maximum atomic E-state index is 13.9. The predicted molar refractivity (Wildman–Crippen MR) is 137 cm³/mol. The Morgan fingerprint density at radius 2 is 1.69 bits per heavy atom. The van der Waals surface area contributed by atoms with Gasteiger partial charge in [0.2, 0.25) is 17.7 Å². The normalized spacial score (nSPS) is 21.5. The summed E-state index contributed by atoms with van der Waals surface area (Å²) < 4.78 is 0. The molecule has 2 aliphatic heterocycles. The van der Waals surface area contributed by atoms with Crippen LogP contribution in [-0.2, 0) is 26.3 Å². The molecule has 6 heteroatoms. The summed E-state index contributed by atoms with van der Waals surface area (Å²) in [5, 5.41) is 0. The summed E-state index contributed by atoms with van der Waals surface area (Å²) in [6.07, 6.45) is 3.41. The van der Waals surface area contributed by atoms with Crippen molar-refractivity contribution in [2.75, 3.05) is 26.7 Å². The molecule has 2 atom stereocenters. The Kier molecular flexibility index (Phi) is 7.70. The van der Waals surface area contributed by atoms with E-state index in [0.717, 1.165) is 36.2 Å². The summed E-state index contributed by atoms with van der Waals surface area (Å²) in [7, 11) is 1.81. The maximum Gasteiger partial charge on any atom is 0.241 e. The lowest BCUT2D eigenvalue weighted by Crippen LogP contribution is -2.43. The van der Waals surface area contributed by atoms with Crippen molar-refractivity contribution in [2.24, 2.45) is 0 Å². The number of amides is 3. The van der Waals surface area contributed by atoms with E-state index >= 15 is 0 Å². The minimum Gasteiger partial charge on any atom is -0.346 e. The zero-order chi connectivity index (χ0) is 25.0. The second kappa shape index (κ2) is 10.7. The van der Waals surface area contributed by atoms with Gasteiger partial charge in [0, 0.05) is 32.5 Å². The number of carbonyl (C=O) groups is 3. The summed E-state index contributed by atoms with van der Waals surface area (Å²) in [5.74, 6) is -0.586. The van der Waals surface area contributed by atoms with E-state index in [2.05, 4.69) is 11.8 Å². The molecule has 0 radical (unpaired) electrons. The fraction of sp³-hybridized carbons (Fsp3) is 0.483. The van der Waals surface area contributed by atoms with Crippen molar-refractivity contribution in [2.45, 2.75) is 64.0 Å². The molecular weight excluding hydrogens is 438 g/mol. The number of aryl methyl sites for hydroxylation is 1. The molecule has 4 rings (SSSR count). The van der Waals surface area contributed by atoms with E-state index < -0.39 is 5.41 Å². The van der Waals surface area contributed by atoms with E-state index in [4.69, 9.17) is 0 Å².